The van der Waals surface area contributed by atoms with Crippen molar-refractivity contribution in [3.05, 3.63) is 82.9 Å². The zero-order chi connectivity index (χ0) is 19.3. The molecule has 0 aliphatic carbocycles. The van der Waals surface area contributed by atoms with E-state index in [1.54, 1.807) is 29.4 Å². The van der Waals surface area contributed by atoms with Crippen LogP contribution in [0.3, 0.4) is 0 Å². The fourth-order valence-electron chi connectivity index (χ4n) is 2.70. The Labute approximate surface area is 169 Å². The molecule has 0 unspecified atom stereocenters. The van der Waals surface area contributed by atoms with E-state index in [0.29, 0.717) is 37.0 Å². The zero-order valence-electron chi connectivity index (χ0n) is 14.7. The number of furan rings is 2. The van der Waals surface area contributed by atoms with Crippen molar-refractivity contribution in [1.82, 2.24) is 15.0 Å². The van der Waals surface area contributed by atoms with Crippen molar-refractivity contribution in [2.75, 3.05) is 6.54 Å². The highest BCUT2D eigenvalue weighted by Gasteiger charge is 2.21. The van der Waals surface area contributed by atoms with Gasteiger partial charge in [-0.25, -0.2) is 0 Å². The molecular weight excluding hydrogens is 426 g/mol. The lowest BCUT2D eigenvalue weighted by Gasteiger charge is -2.19. The fourth-order valence-corrected chi connectivity index (χ4v) is 2.97. The normalized spacial score (nSPS) is 10.9. The van der Waals surface area contributed by atoms with Gasteiger partial charge in [0.2, 0.25) is 11.7 Å². The van der Waals surface area contributed by atoms with E-state index in [4.69, 9.17) is 13.4 Å². The summed E-state index contributed by atoms with van der Waals surface area (Å²) in [5.74, 6) is 1.69. The van der Waals surface area contributed by atoms with Gasteiger partial charge < -0.3 is 18.3 Å². The molecule has 7 nitrogen and oxygen atoms in total. The van der Waals surface area contributed by atoms with Crippen molar-refractivity contribution in [1.29, 1.82) is 0 Å². The second-order valence-corrected chi connectivity index (χ2v) is 6.97. The first kappa shape index (κ1) is 18.2. The summed E-state index contributed by atoms with van der Waals surface area (Å²) < 4.78 is 16.9. The number of benzene rings is 1. The molecule has 28 heavy (non-hydrogen) atoms. The molecule has 0 spiro atoms. The summed E-state index contributed by atoms with van der Waals surface area (Å²) in [6.07, 6.45) is 3.46. The number of amides is 1. The van der Waals surface area contributed by atoms with Gasteiger partial charge in [0, 0.05) is 23.0 Å². The molecule has 1 aromatic carbocycles. The van der Waals surface area contributed by atoms with E-state index in [9.17, 15) is 4.79 Å². The first-order chi connectivity index (χ1) is 13.7. The van der Waals surface area contributed by atoms with Gasteiger partial charge in [0.05, 0.1) is 19.1 Å². The van der Waals surface area contributed by atoms with Gasteiger partial charge >= 0.3 is 0 Å². The lowest BCUT2D eigenvalue weighted by Crippen LogP contribution is -2.32. The number of rotatable bonds is 7. The maximum Gasteiger partial charge on any atom is 0.289 e. The van der Waals surface area contributed by atoms with Crippen LogP contribution in [0, 0.1) is 0 Å². The van der Waals surface area contributed by atoms with Crippen molar-refractivity contribution in [3.63, 3.8) is 0 Å². The van der Waals surface area contributed by atoms with Crippen LogP contribution in [0.2, 0.25) is 0 Å². The van der Waals surface area contributed by atoms with Crippen LogP contribution in [0.1, 0.15) is 22.2 Å². The van der Waals surface area contributed by atoms with Crippen LogP contribution < -0.4 is 0 Å². The second kappa shape index (κ2) is 8.26. The minimum absolute atomic E-state index is 0.228. The summed E-state index contributed by atoms with van der Waals surface area (Å²) >= 11 is 3.40. The van der Waals surface area contributed by atoms with Crippen molar-refractivity contribution in [2.45, 2.75) is 13.0 Å². The van der Waals surface area contributed by atoms with Crippen LogP contribution in [-0.4, -0.2) is 27.5 Å². The predicted octanol–water partition coefficient (Wildman–Crippen LogP) is 4.57. The molecule has 0 atom stereocenters. The van der Waals surface area contributed by atoms with Gasteiger partial charge in [0.1, 0.15) is 5.76 Å². The summed E-state index contributed by atoms with van der Waals surface area (Å²) in [4.78, 5) is 18.8. The largest absolute Gasteiger partial charge is 0.467 e. The molecule has 0 saturated heterocycles. The van der Waals surface area contributed by atoms with Gasteiger partial charge in [-0.2, -0.15) is 4.98 Å². The SMILES string of the molecule is O=C(c1ccco1)N(CCc1nc(-c2ccc(Br)cc2)no1)Cc1ccco1. The molecule has 0 fully saturated rings. The molecule has 3 heterocycles. The number of hydrogen-bond acceptors (Lipinski definition) is 6. The molecular formula is C20H16BrN3O4. The Kier molecular flexibility index (Phi) is 5.38. The number of nitrogens with zero attached hydrogens (tertiary/aromatic N) is 3. The Morgan fingerprint density at radius 2 is 1.82 bits per heavy atom. The van der Waals surface area contributed by atoms with Crippen LogP contribution in [0.25, 0.3) is 11.4 Å². The maximum atomic E-state index is 12.7. The van der Waals surface area contributed by atoms with E-state index < -0.39 is 0 Å². The average molecular weight is 442 g/mol. The van der Waals surface area contributed by atoms with Gasteiger partial charge in [-0.1, -0.05) is 21.1 Å². The van der Waals surface area contributed by atoms with Crippen LogP contribution in [0.5, 0.6) is 0 Å². The Morgan fingerprint density at radius 1 is 1.04 bits per heavy atom. The van der Waals surface area contributed by atoms with E-state index in [1.165, 1.54) is 6.26 Å². The van der Waals surface area contributed by atoms with Gasteiger partial charge in [-0.3, -0.25) is 4.79 Å². The van der Waals surface area contributed by atoms with Crippen molar-refractivity contribution >= 4 is 21.8 Å². The molecule has 0 bridgehead atoms. The highest BCUT2D eigenvalue weighted by atomic mass is 79.9. The maximum absolute atomic E-state index is 12.7. The molecule has 0 N–H and O–H groups in total. The van der Waals surface area contributed by atoms with E-state index in [0.717, 1.165) is 10.0 Å². The van der Waals surface area contributed by atoms with E-state index >= 15 is 0 Å². The van der Waals surface area contributed by atoms with E-state index in [2.05, 4.69) is 26.1 Å². The van der Waals surface area contributed by atoms with Gasteiger partial charge in [-0.05, 0) is 48.5 Å². The fraction of sp³-hybridized carbons (Fsp3) is 0.150. The molecule has 0 aliphatic heterocycles. The molecule has 8 heteroatoms. The molecule has 4 rings (SSSR count). The minimum atomic E-state index is -0.228. The minimum Gasteiger partial charge on any atom is -0.467 e. The molecule has 1 amide bonds. The van der Waals surface area contributed by atoms with Crippen LogP contribution >= 0.6 is 15.9 Å². The third-order valence-electron chi connectivity index (χ3n) is 4.11. The smallest absolute Gasteiger partial charge is 0.289 e. The molecule has 142 valence electrons. The lowest BCUT2D eigenvalue weighted by atomic mass is 10.2. The zero-order valence-corrected chi connectivity index (χ0v) is 16.3. The first-order valence-corrected chi connectivity index (χ1v) is 9.42. The number of carbonyl (C=O) groups excluding carboxylic acids is 1. The van der Waals surface area contributed by atoms with E-state index in [1.807, 2.05) is 30.3 Å². The summed E-state index contributed by atoms with van der Waals surface area (Å²) in [5, 5.41) is 4.02. The van der Waals surface area contributed by atoms with Crippen molar-refractivity contribution in [2.24, 2.45) is 0 Å². The average Bonchev–Trinajstić information content (AvgIpc) is 3.48. The van der Waals surface area contributed by atoms with Crippen LogP contribution in [0.15, 0.2) is 78.9 Å². The third kappa shape index (κ3) is 4.23. The Hall–Kier alpha value is -3.13. The standard InChI is InChI=1S/C20H16BrN3O4/c21-15-7-5-14(6-8-15)19-22-18(28-23-19)9-10-24(13-16-3-1-11-26-16)20(25)17-4-2-12-27-17/h1-8,11-12H,9-10,13H2. The molecule has 3 aromatic heterocycles. The van der Waals surface area contributed by atoms with Crippen molar-refractivity contribution in [3.8, 4) is 11.4 Å². The van der Waals surface area contributed by atoms with Crippen molar-refractivity contribution < 1.29 is 18.2 Å². The summed E-state index contributed by atoms with van der Waals surface area (Å²) in [7, 11) is 0. The number of carbonyl (C=O) groups is 1. The monoisotopic (exact) mass is 441 g/mol. The summed E-state index contributed by atoms with van der Waals surface area (Å²) in [6, 6.07) is 14.6. The topological polar surface area (TPSA) is 85.5 Å². The highest BCUT2D eigenvalue weighted by molar-refractivity contribution is 9.10. The molecule has 0 radical (unpaired) electrons. The second-order valence-electron chi connectivity index (χ2n) is 6.05. The Morgan fingerprint density at radius 3 is 2.54 bits per heavy atom. The Balaban J connectivity index is 1.46. The first-order valence-electron chi connectivity index (χ1n) is 8.63. The van der Waals surface area contributed by atoms with Crippen LogP contribution in [0.4, 0.5) is 0 Å². The van der Waals surface area contributed by atoms with Crippen LogP contribution in [-0.2, 0) is 13.0 Å². The molecule has 0 aliphatic rings. The number of aromatic nitrogens is 2. The number of halogens is 1. The molecule has 0 saturated carbocycles. The summed E-state index contributed by atoms with van der Waals surface area (Å²) in [5.41, 5.74) is 0.859. The van der Waals surface area contributed by atoms with E-state index in [-0.39, 0.29) is 11.7 Å². The molecule has 4 aromatic rings. The lowest BCUT2D eigenvalue weighted by molar-refractivity contribution is 0.0697. The van der Waals surface area contributed by atoms with Gasteiger partial charge in [0.25, 0.3) is 5.91 Å². The Bertz CT molecular complexity index is 1020. The van der Waals surface area contributed by atoms with Gasteiger partial charge in [-0.15, -0.1) is 0 Å². The third-order valence-corrected chi connectivity index (χ3v) is 4.64. The predicted molar refractivity (Wildman–Crippen MR) is 103 cm³/mol. The summed E-state index contributed by atoms with van der Waals surface area (Å²) in [6.45, 7) is 0.697. The quantitative estimate of drug-likeness (QED) is 0.417. The number of hydrogen-bond donors (Lipinski definition) is 0. The van der Waals surface area contributed by atoms with Gasteiger partial charge in [0.15, 0.2) is 5.76 Å². The highest BCUT2D eigenvalue weighted by Crippen LogP contribution is 2.19.